The first kappa shape index (κ1) is 38.5. The van der Waals surface area contributed by atoms with E-state index >= 15 is 0 Å². The number of carbonyl (C=O) groups excluding carboxylic acids is 2. The van der Waals surface area contributed by atoms with Gasteiger partial charge in [-0.05, 0) is 61.8 Å². The van der Waals surface area contributed by atoms with E-state index in [1.54, 1.807) is 22.9 Å². The number of nitrogens with one attached hydrogen (secondary N) is 2. The van der Waals surface area contributed by atoms with Crippen LogP contribution in [0.4, 0.5) is 14.5 Å². The zero-order valence-corrected chi connectivity index (χ0v) is 29.5. The second kappa shape index (κ2) is 18.6. The molecule has 0 radical (unpaired) electrons. The second-order valence-electron chi connectivity index (χ2n) is 13.4. The molecule has 0 atom stereocenters. The van der Waals surface area contributed by atoms with Crippen molar-refractivity contribution in [3.63, 3.8) is 0 Å². The third-order valence-electron chi connectivity index (χ3n) is 9.97. The largest absolute Gasteiger partial charge is 0.481 e. The number of piperidine rings is 1. The first-order valence-corrected chi connectivity index (χ1v) is 17.9. The SMILES string of the molecule is CN=CC(=CN)c1cc2c(cc1C(F)F)N(C(=N)C1=C(NC3CCN(C(=O)CCCCCCCCC(=O)O)CC3)CCN(C(C)=O)C1)CCC2. The number of amidine groups is 1. The van der Waals surface area contributed by atoms with Crippen molar-refractivity contribution in [2.24, 2.45) is 10.7 Å². The fraction of sp³-hybridized carbons (Fsp3) is 0.595. The van der Waals surface area contributed by atoms with E-state index in [0.29, 0.717) is 74.3 Å². The quantitative estimate of drug-likeness (QED) is 0.105. The van der Waals surface area contributed by atoms with Crippen LogP contribution in [0.2, 0.25) is 0 Å². The number of hydrogen-bond donors (Lipinski definition) is 4. The van der Waals surface area contributed by atoms with Crippen LogP contribution in [0.15, 0.2) is 34.6 Å². The van der Waals surface area contributed by atoms with Crippen LogP contribution in [0.5, 0.6) is 0 Å². The Morgan fingerprint density at radius 2 is 1.70 bits per heavy atom. The van der Waals surface area contributed by atoms with Crippen LogP contribution in [-0.4, -0.2) is 90.6 Å². The maximum absolute atomic E-state index is 14.4. The zero-order chi connectivity index (χ0) is 36.2. The molecule has 5 N–H and O–H groups in total. The van der Waals surface area contributed by atoms with Crippen molar-refractivity contribution in [2.75, 3.05) is 44.7 Å². The van der Waals surface area contributed by atoms with Gasteiger partial charge in [-0.25, -0.2) is 8.78 Å². The predicted octanol–water partition coefficient (Wildman–Crippen LogP) is 5.65. The number of carbonyl (C=O) groups is 3. The number of amides is 2. The minimum absolute atomic E-state index is 0.0817. The molecule has 0 spiro atoms. The molecule has 3 heterocycles. The number of benzene rings is 1. The summed E-state index contributed by atoms with van der Waals surface area (Å²) in [5.74, 6) is -0.473. The van der Waals surface area contributed by atoms with E-state index in [9.17, 15) is 28.6 Å². The van der Waals surface area contributed by atoms with Crippen molar-refractivity contribution in [3.8, 4) is 0 Å². The number of fused-ring (bicyclic) bond motifs is 1. The summed E-state index contributed by atoms with van der Waals surface area (Å²) in [7, 11) is 1.56. The summed E-state index contributed by atoms with van der Waals surface area (Å²) in [4.78, 5) is 45.4. The van der Waals surface area contributed by atoms with E-state index in [-0.39, 0.29) is 42.2 Å². The Hall–Kier alpha value is -4.29. The molecule has 2 amide bonds. The summed E-state index contributed by atoms with van der Waals surface area (Å²) in [5, 5.41) is 21.8. The van der Waals surface area contributed by atoms with Gasteiger partial charge in [0.15, 0.2) is 0 Å². The first-order valence-electron chi connectivity index (χ1n) is 17.9. The number of alkyl halides is 2. The third kappa shape index (κ3) is 10.1. The summed E-state index contributed by atoms with van der Waals surface area (Å²) in [6.45, 7) is 4.08. The van der Waals surface area contributed by atoms with E-state index in [1.165, 1.54) is 25.4 Å². The van der Waals surface area contributed by atoms with Gasteiger partial charge in [0.05, 0.1) is 6.54 Å². The lowest BCUT2D eigenvalue weighted by Crippen LogP contribution is -2.48. The number of anilines is 1. The van der Waals surface area contributed by atoms with Gasteiger partial charge in [-0.3, -0.25) is 24.8 Å². The maximum Gasteiger partial charge on any atom is 0.303 e. The predicted molar refractivity (Wildman–Crippen MR) is 193 cm³/mol. The molecule has 3 aliphatic heterocycles. The van der Waals surface area contributed by atoms with Crippen LogP contribution in [-0.2, 0) is 20.8 Å². The number of likely N-dealkylation sites (tertiary alicyclic amines) is 1. The minimum Gasteiger partial charge on any atom is -0.481 e. The van der Waals surface area contributed by atoms with E-state index < -0.39 is 12.4 Å². The van der Waals surface area contributed by atoms with Crippen molar-refractivity contribution in [2.45, 2.75) is 103 Å². The molecule has 13 heteroatoms. The number of allylic oxidation sites excluding steroid dienone is 1. The van der Waals surface area contributed by atoms with Gasteiger partial charge in [0.1, 0.15) is 5.84 Å². The van der Waals surface area contributed by atoms with Crippen molar-refractivity contribution < 1.29 is 28.3 Å². The highest BCUT2D eigenvalue weighted by molar-refractivity contribution is 6.12. The topological polar surface area (TPSA) is 155 Å². The molecular weight excluding hydrogens is 644 g/mol. The van der Waals surface area contributed by atoms with E-state index in [1.807, 2.05) is 4.90 Å². The van der Waals surface area contributed by atoms with Crippen LogP contribution in [0.25, 0.3) is 5.57 Å². The molecule has 1 saturated heterocycles. The number of aliphatic imine (C=N–C) groups is 1. The summed E-state index contributed by atoms with van der Waals surface area (Å²) in [5.41, 5.74) is 9.36. The van der Waals surface area contributed by atoms with E-state index in [4.69, 9.17) is 10.8 Å². The van der Waals surface area contributed by atoms with E-state index in [2.05, 4.69) is 10.3 Å². The molecule has 4 rings (SSSR count). The highest BCUT2D eigenvalue weighted by atomic mass is 19.3. The fourth-order valence-electron chi connectivity index (χ4n) is 7.16. The average Bonchev–Trinajstić information content (AvgIpc) is 3.10. The van der Waals surface area contributed by atoms with Crippen LogP contribution < -0.4 is 16.0 Å². The van der Waals surface area contributed by atoms with Gasteiger partial charge in [0.2, 0.25) is 11.8 Å². The highest BCUT2D eigenvalue weighted by Crippen LogP contribution is 2.38. The molecule has 274 valence electrons. The lowest BCUT2D eigenvalue weighted by Gasteiger charge is -2.39. The van der Waals surface area contributed by atoms with Crippen molar-refractivity contribution >= 4 is 41.1 Å². The number of halogens is 2. The van der Waals surface area contributed by atoms with Gasteiger partial charge in [0, 0.05) is 106 Å². The Bertz CT molecular complexity index is 1480. The molecule has 3 aliphatic rings. The number of aryl methyl sites for hydroxylation is 1. The molecular formula is C37H53F2N7O4. The minimum atomic E-state index is -2.76. The number of rotatable bonds is 15. The molecule has 1 fully saturated rings. The van der Waals surface area contributed by atoms with Gasteiger partial charge in [-0.1, -0.05) is 25.7 Å². The molecule has 0 bridgehead atoms. The van der Waals surface area contributed by atoms with Gasteiger partial charge >= 0.3 is 5.97 Å². The Labute approximate surface area is 294 Å². The highest BCUT2D eigenvalue weighted by Gasteiger charge is 2.32. The lowest BCUT2D eigenvalue weighted by molar-refractivity contribution is -0.137. The molecule has 1 aromatic carbocycles. The average molecular weight is 698 g/mol. The van der Waals surface area contributed by atoms with Crippen LogP contribution in [0, 0.1) is 5.41 Å². The number of carboxylic acids is 1. The smallest absolute Gasteiger partial charge is 0.303 e. The zero-order valence-electron chi connectivity index (χ0n) is 29.5. The number of nitrogens with zero attached hydrogens (tertiary/aromatic N) is 4. The maximum atomic E-state index is 14.4. The van der Waals surface area contributed by atoms with Gasteiger partial charge in [-0.2, -0.15) is 0 Å². The first-order chi connectivity index (χ1) is 24.0. The van der Waals surface area contributed by atoms with Crippen LogP contribution in [0.3, 0.4) is 0 Å². The normalized spacial score (nSPS) is 17.5. The number of carboxylic acid groups (broad SMARTS) is 1. The van der Waals surface area contributed by atoms with Crippen LogP contribution >= 0.6 is 0 Å². The molecule has 0 saturated carbocycles. The summed E-state index contributed by atoms with van der Waals surface area (Å²) >= 11 is 0. The number of aliphatic carboxylic acids is 1. The standard InChI is InChI=1S/C37H53F2N7O4/c1-25(47)45-19-15-32(43-28-13-17-44(18-14-28)34(48)11-7-5-3-4-6-8-12-35(49)50)31(24-45)37(41)46-16-9-10-26-20-29(27(22-40)23-42-2)30(36(38)39)21-33(26)46/h20-23,28,36,41,43H,3-19,24,40H2,1-2H3,(H,49,50). The van der Waals surface area contributed by atoms with Crippen molar-refractivity contribution in [1.29, 1.82) is 5.41 Å². The molecule has 0 aliphatic carbocycles. The molecule has 0 aromatic heterocycles. The number of hydrogen-bond acceptors (Lipinski definition) is 7. The lowest BCUT2D eigenvalue weighted by atomic mass is 9.91. The fourth-order valence-corrected chi connectivity index (χ4v) is 7.16. The second-order valence-corrected chi connectivity index (χ2v) is 13.4. The monoisotopic (exact) mass is 697 g/mol. The Kier molecular flexibility index (Phi) is 14.4. The Balaban J connectivity index is 1.43. The van der Waals surface area contributed by atoms with Crippen molar-refractivity contribution in [1.82, 2.24) is 15.1 Å². The van der Waals surface area contributed by atoms with Crippen molar-refractivity contribution in [3.05, 3.63) is 46.3 Å². The Morgan fingerprint density at radius 1 is 1.02 bits per heavy atom. The van der Waals surface area contributed by atoms with Crippen LogP contribution in [0.1, 0.15) is 107 Å². The number of unbranched alkanes of at least 4 members (excludes halogenated alkanes) is 5. The third-order valence-corrected chi connectivity index (χ3v) is 9.97. The molecule has 0 unspecified atom stereocenters. The summed E-state index contributed by atoms with van der Waals surface area (Å²) in [6.07, 6.45) is 9.60. The molecule has 50 heavy (non-hydrogen) atoms. The van der Waals surface area contributed by atoms with Gasteiger partial charge in [-0.15, -0.1) is 0 Å². The number of nitrogens with two attached hydrogens (primary N) is 1. The van der Waals surface area contributed by atoms with Gasteiger partial charge in [0.25, 0.3) is 6.43 Å². The summed E-state index contributed by atoms with van der Waals surface area (Å²) in [6, 6.07) is 3.33. The Morgan fingerprint density at radius 3 is 2.32 bits per heavy atom. The molecule has 1 aromatic rings. The van der Waals surface area contributed by atoms with E-state index in [0.717, 1.165) is 62.6 Å². The molecule has 11 nitrogen and oxygen atoms in total. The summed E-state index contributed by atoms with van der Waals surface area (Å²) < 4.78 is 28.8. The van der Waals surface area contributed by atoms with Gasteiger partial charge < -0.3 is 30.9 Å².